The molecule has 88 valence electrons. The monoisotopic (exact) mass is 235 g/mol. The summed E-state index contributed by atoms with van der Waals surface area (Å²) in [4.78, 5) is 15.2. The molecule has 5 nitrogen and oxygen atoms in total. The largest absolute Gasteiger partial charge is 0.455 e. The van der Waals surface area contributed by atoms with Gasteiger partial charge in [-0.05, 0) is 18.2 Å². The number of amides is 1. The summed E-state index contributed by atoms with van der Waals surface area (Å²) < 4.78 is 18.3. The van der Waals surface area contributed by atoms with E-state index in [4.69, 9.17) is 10.2 Å². The number of hydrogen-bond acceptors (Lipinski definition) is 4. The van der Waals surface area contributed by atoms with Crippen LogP contribution < -0.4 is 11.1 Å². The van der Waals surface area contributed by atoms with Crippen molar-refractivity contribution in [3.63, 3.8) is 0 Å². The van der Waals surface area contributed by atoms with E-state index in [1.54, 1.807) is 6.07 Å². The maximum absolute atomic E-state index is 13.2. The Hall–Kier alpha value is -2.21. The van der Waals surface area contributed by atoms with E-state index in [1.807, 2.05) is 0 Å². The van der Waals surface area contributed by atoms with Crippen LogP contribution in [0, 0.1) is 5.82 Å². The number of pyridine rings is 1. The molecule has 0 saturated heterocycles. The fraction of sp³-hybridized carbons (Fsp3) is 0.0909. The first-order valence-electron chi connectivity index (χ1n) is 4.90. The zero-order valence-corrected chi connectivity index (χ0v) is 8.81. The summed E-state index contributed by atoms with van der Waals surface area (Å²) >= 11 is 0. The van der Waals surface area contributed by atoms with Crippen LogP contribution in [0.15, 0.2) is 35.0 Å². The highest BCUT2D eigenvalue weighted by Crippen LogP contribution is 2.14. The molecule has 0 spiro atoms. The van der Waals surface area contributed by atoms with Crippen LogP contribution in [0.5, 0.6) is 0 Å². The first-order chi connectivity index (χ1) is 8.20. The average Bonchev–Trinajstić information content (AvgIpc) is 2.81. The second-order valence-electron chi connectivity index (χ2n) is 3.28. The van der Waals surface area contributed by atoms with Crippen LogP contribution in [0.4, 0.5) is 10.1 Å². The van der Waals surface area contributed by atoms with Gasteiger partial charge in [-0.15, -0.1) is 0 Å². The molecule has 0 saturated carbocycles. The normalized spacial score (nSPS) is 10.2. The van der Waals surface area contributed by atoms with E-state index in [2.05, 4.69) is 10.3 Å². The molecule has 0 aliphatic heterocycles. The third-order valence-corrected chi connectivity index (χ3v) is 2.11. The Morgan fingerprint density at radius 3 is 2.94 bits per heavy atom. The van der Waals surface area contributed by atoms with Gasteiger partial charge in [0.05, 0.1) is 18.4 Å². The Labute approximate surface area is 96.4 Å². The molecule has 1 amide bonds. The van der Waals surface area contributed by atoms with Gasteiger partial charge in [0, 0.05) is 6.20 Å². The summed E-state index contributed by atoms with van der Waals surface area (Å²) in [7, 11) is 0. The number of carbonyl (C=O) groups excluding carboxylic acids is 1. The van der Waals surface area contributed by atoms with E-state index in [0.29, 0.717) is 5.76 Å². The van der Waals surface area contributed by atoms with E-state index in [0.717, 1.165) is 6.20 Å². The highest BCUT2D eigenvalue weighted by Gasteiger charge is 2.12. The summed E-state index contributed by atoms with van der Waals surface area (Å²) in [6.45, 7) is 0.205. The number of furan rings is 1. The van der Waals surface area contributed by atoms with Gasteiger partial charge in [0.1, 0.15) is 5.76 Å². The topological polar surface area (TPSA) is 81.2 Å². The van der Waals surface area contributed by atoms with Crippen LogP contribution in [0.2, 0.25) is 0 Å². The summed E-state index contributed by atoms with van der Waals surface area (Å²) in [5.41, 5.74) is 5.40. The molecule has 6 heteroatoms. The first-order valence-corrected chi connectivity index (χ1v) is 4.90. The third kappa shape index (κ3) is 2.48. The van der Waals surface area contributed by atoms with E-state index in [1.165, 1.54) is 18.3 Å². The minimum Gasteiger partial charge on any atom is -0.455 e. The Balaban J connectivity index is 2.14. The first kappa shape index (κ1) is 11.3. The molecule has 0 aromatic carbocycles. The second kappa shape index (κ2) is 4.75. The van der Waals surface area contributed by atoms with E-state index in [-0.39, 0.29) is 18.0 Å². The van der Waals surface area contributed by atoms with Gasteiger partial charge in [0.2, 0.25) is 0 Å². The van der Waals surface area contributed by atoms with Crippen molar-refractivity contribution in [1.29, 1.82) is 0 Å². The number of hydrogen-bond donors (Lipinski definition) is 2. The van der Waals surface area contributed by atoms with Crippen LogP contribution in [-0.4, -0.2) is 10.9 Å². The van der Waals surface area contributed by atoms with Gasteiger partial charge in [0.25, 0.3) is 5.91 Å². The minimum atomic E-state index is -0.605. The SMILES string of the molecule is NCc1ccc(C(=O)Nc2ccncc2F)o1. The quantitative estimate of drug-likeness (QED) is 0.845. The Morgan fingerprint density at radius 1 is 1.47 bits per heavy atom. The van der Waals surface area contributed by atoms with Crippen molar-refractivity contribution in [1.82, 2.24) is 4.98 Å². The van der Waals surface area contributed by atoms with Crippen LogP contribution >= 0.6 is 0 Å². The fourth-order valence-electron chi connectivity index (χ4n) is 1.27. The second-order valence-corrected chi connectivity index (χ2v) is 3.28. The van der Waals surface area contributed by atoms with Gasteiger partial charge in [-0.2, -0.15) is 0 Å². The number of rotatable bonds is 3. The number of aromatic nitrogens is 1. The molecule has 0 aliphatic rings. The van der Waals surface area contributed by atoms with Crippen molar-refractivity contribution in [2.24, 2.45) is 5.73 Å². The van der Waals surface area contributed by atoms with Gasteiger partial charge in [-0.1, -0.05) is 0 Å². The fourth-order valence-corrected chi connectivity index (χ4v) is 1.27. The van der Waals surface area contributed by atoms with Crippen molar-refractivity contribution in [3.05, 3.63) is 47.9 Å². The average molecular weight is 235 g/mol. The lowest BCUT2D eigenvalue weighted by Gasteiger charge is -2.03. The molecule has 2 rings (SSSR count). The van der Waals surface area contributed by atoms with E-state index >= 15 is 0 Å². The minimum absolute atomic E-state index is 0.0516. The molecule has 2 aromatic heterocycles. The Morgan fingerprint density at radius 2 is 2.29 bits per heavy atom. The van der Waals surface area contributed by atoms with Crippen molar-refractivity contribution in [3.8, 4) is 0 Å². The Kier molecular flexibility index (Phi) is 3.15. The van der Waals surface area contributed by atoms with Crippen molar-refractivity contribution in [2.45, 2.75) is 6.54 Å². The number of halogens is 1. The lowest BCUT2D eigenvalue weighted by Crippen LogP contribution is -2.12. The standard InChI is InChI=1S/C11H10FN3O2/c12-8-6-14-4-3-9(8)15-11(16)10-2-1-7(5-13)17-10/h1-4,6H,5,13H2,(H,14,15,16). The van der Waals surface area contributed by atoms with Gasteiger partial charge in [0.15, 0.2) is 11.6 Å². The lowest BCUT2D eigenvalue weighted by molar-refractivity contribution is 0.0994. The van der Waals surface area contributed by atoms with Crippen molar-refractivity contribution in [2.75, 3.05) is 5.32 Å². The van der Waals surface area contributed by atoms with Crippen LogP contribution in [-0.2, 0) is 6.54 Å². The number of nitrogens with two attached hydrogens (primary N) is 1. The molecule has 17 heavy (non-hydrogen) atoms. The molecule has 3 N–H and O–H groups in total. The molecule has 2 aromatic rings. The van der Waals surface area contributed by atoms with Crippen LogP contribution in [0.3, 0.4) is 0 Å². The molecule has 2 heterocycles. The Bertz CT molecular complexity index is 539. The zero-order valence-electron chi connectivity index (χ0n) is 8.81. The molecule has 0 fully saturated rings. The summed E-state index contributed by atoms with van der Waals surface area (Å²) in [6.07, 6.45) is 2.40. The van der Waals surface area contributed by atoms with Crippen LogP contribution in [0.25, 0.3) is 0 Å². The van der Waals surface area contributed by atoms with E-state index in [9.17, 15) is 9.18 Å². The molecular formula is C11H10FN3O2. The highest BCUT2D eigenvalue weighted by molar-refractivity contribution is 6.02. The number of carbonyl (C=O) groups is 1. The maximum Gasteiger partial charge on any atom is 0.291 e. The predicted molar refractivity (Wildman–Crippen MR) is 58.7 cm³/mol. The number of nitrogens with one attached hydrogen (secondary N) is 1. The predicted octanol–water partition coefficient (Wildman–Crippen LogP) is 1.52. The van der Waals surface area contributed by atoms with E-state index < -0.39 is 11.7 Å². The molecule has 0 unspecified atom stereocenters. The molecule has 0 radical (unpaired) electrons. The molecule has 0 atom stereocenters. The zero-order chi connectivity index (χ0) is 12.3. The molecule has 0 aliphatic carbocycles. The van der Waals surface area contributed by atoms with Gasteiger partial charge in [-0.3, -0.25) is 9.78 Å². The lowest BCUT2D eigenvalue weighted by atomic mass is 10.3. The van der Waals surface area contributed by atoms with Gasteiger partial charge >= 0.3 is 0 Å². The van der Waals surface area contributed by atoms with Crippen LogP contribution in [0.1, 0.15) is 16.3 Å². The summed E-state index contributed by atoms with van der Waals surface area (Å²) in [5, 5.41) is 2.38. The smallest absolute Gasteiger partial charge is 0.291 e. The van der Waals surface area contributed by atoms with Crippen molar-refractivity contribution >= 4 is 11.6 Å². The van der Waals surface area contributed by atoms with Crippen molar-refractivity contribution < 1.29 is 13.6 Å². The van der Waals surface area contributed by atoms with Gasteiger partial charge < -0.3 is 15.5 Å². The number of nitrogens with zero attached hydrogens (tertiary/aromatic N) is 1. The summed E-state index contributed by atoms with van der Waals surface area (Å²) in [6, 6.07) is 4.44. The highest BCUT2D eigenvalue weighted by atomic mass is 19.1. The molecule has 0 bridgehead atoms. The van der Waals surface area contributed by atoms with Gasteiger partial charge in [-0.25, -0.2) is 4.39 Å². The third-order valence-electron chi connectivity index (χ3n) is 2.11. The summed E-state index contributed by atoms with van der Waals surface area (Å²) in [5.74, 6) is -0.562. The molecular weight excluding hydrogens is 225 g/mol. The number of anilines is 1. The maximum atomic E-state index is 13.2.